The van der Waals surface area contributed by atoms with Crippen molar-refractivity contribution in [2.45, 2.75) is 51.0 Å². The van der Waals surface area contributed by atoms with E-state index in [-0.39, 0.29) is 5.92 Å². The van der Waals surface area contributed by atoms with Crippen molar-refractivity contribution in [2.24, 2.45) is 17.8 Å². The SMILES string of the molecule is O=C(NC1CC1C1CCCCC1)C1CCNC1. The van der Waals surface area contributed by atoms with Gasteiger partial charge in [-0.25, -0.2) is 0 Å². The van der Waals surface area contributed by atoms with Crippen LogP contribution in [0.1, 0.15) is 44.9 Å². The van der Waals surface area contributed by atoms with Gasteiger partial charge in [0.2, 0.25) is 5.91 Å². The molecule has 2 saturated carbocycles. The minimum atomic E-state index is 0.239. The highest BCUT2D eigenvalue weighted by atomic mass is 16.2. The summed E-state index contributed by atoms with van der Waals surface area (Å²) in [5.41, 5.74) is 0. The van der Waals surface area contributed by atoms with Crippen molar-refractivity contribution < 1.29 is 4.79 Å². The van der Waals surface area contributed by atoms with Crippen LogP contribution in [0, 0.1) is 17.8 Å². The second-order valence-corrected chi connectivity index (χ2v) is 6.10. The average Bonchev–Trinajstić information content (AvgIpc) is 2.92. The van der Waals surface area contributed by atoms with Crippen LogP contribution < -0.4 is 10.6 Å². The summed E-state index contributed by atoms with van der Waals surface area (Å²) >= 11 is 0. The third-order valence-electron chi connectivity index (χ3n) is 4.85. The molecule has 96 valence electrons. The molecule has 17 heavy (non-hydrogen) atoms. The highest BCUT2D eigenvalue weighted by Gasteiger charge is 2.44. The molecule has 1 saturated heterocycles. The Balaban J connectivity index is 1.43. The van der Waals surface area contributed by atoms with E-state index in [1.165, 1.54) is 38.5 Å². The number of nitrogens with one attached hydrogen (secondary N) is 2. The Morgan fingerprint density at radius 3 is 2.65 bits per heavy atom. The lowest BCUT2D eigenvalue weighted by Crippen LogP contribution is -2.34. The maximum absolute atomic E-state index is 12.0. The number of carbonyl (C=O) groups excluding carboxylic acids is 1. The van der Waals surface area contributed by atoms with E-state index in [2.05, 4.69) is 10.6 Å². The minimum Gasteiger partial charge on any atom is -0.353 e. The van der Waals surface area contributed by atoms with Crippen molar-refractivity contribution in [2.75, 3.05) is 13.1 Å². The molecule has 1 aliphatic heterocycles. The van der Waals surface area contributed by atoms with E-state index in [9.17, 15) is 4.79 Å². The maximum Gasteiger partial charge on any atom is 0.224 e. The molecule has 3 fully saturated rings. The molecule has 0 aromatic rings. The number of amides is 1. The molecular formula is C14H24N2O. The van der Waals surface area contributed by atoms with E-state index in [4.69, 9.17) is 0 Å². The topological polar surface area (TPSA) is 41.1 Å². The van der Waals surface area contributed by atoms with Crippen LogP contribution in [0.4, 0.5) is 0 Å². The van der Waals surface area contributed by atoms with Gasteiger partial charge in [-0.1, -0.05) is 32.1 Å². The summed E-state index contributed by atoms with van der Waals surface area (Å²) < 4.78 is 0. The van der Waals surface area contributed by atoms with Crippen molar-refractivity contribution >= 4 is 5.91 Å². The molecule has 3 nitrogen and oxygen atoms in total. The summed E-state index contributed by atoms with van der Waals surface area (Å²) in [5.74, 6) is 2.27. The quantitative estimate of drug-likeness (QED) is 0.783. The fourth-order valence-corrected chi connectivity index (χ4v) is 3.64. The predicted molar refractivity (Wildman–Crippen MR) is 67.6 cm³/mol. The predicted octanol–water partition coefficient (Wildman–Crippen LogP) is 1.68. The first-order valence-electron chi connectivity index (χ1n) is 7.35. The van der Waals surface area contributed by atoms with Crippen LogP contribution in [-0.4, -0.2) is 25.0 Å². The molecule has 1 amide bonds. The Labute approximate surface area is 104 Å². The summed E-state index contributed by atoms with van der Waals surface area (Å²) in [6.07, 6.45) is 9.32. The monoisotopic (exact) mass is 236 g/mol. The van der Waals surface area contributed by atoms with Crippen molar-refractivity contribution in [1.82, 2.24) is 10.6 Å². The van der Waals surface area contributed by atoms with Gasteiger partial charge in [-0.15, -0.1) is 0 Å². The van der Waals surface area contributed by atoms with Gasteiger partial charge in [-0.3, -0.25) is 4.79 Å². The zero-order valence-electron chi connectivity index (χ0n) is 10.6. The summed E-state index contributed by atoms with van der Waals surface area (Å²) in [6.45, 7) is 1.89. The van der Waals surface area contributed by atoms with E-state index < -0.39 is 0 Å². The summed E-state index contributed by atoms with van der Waals surface area (Å²) in [6, 6.07) is 0.520. The Morgan fingerprint density at radius 1 is 1.12 bits per heavy atom. The van der Waals surface area contributed by atoms with Crippen LogP contribution in [0.25, 0.3) is 0 Å². The Morgan fingerprint density at radius 2 is 1.94 bits per heavy atom. The normalized spacial score (nSPS) is 38.0. The van der Waals surface area contributed by atoms with E-state index in [0.717, 1.165) is 31.3 Å². The summed E-state index contributed by atoms with van der Waals surface area (Å²) in [7, 11) is 0. The Hall–Kier alpha value is -0.570. The third kappa shape index (κ3) is 2.65. The first-order valence-corrected chi connectivity index (χ1v) is 7.35. The highest BCUT2D eigenvalue weighted by Crippen LogP contribution is 2.44. The number of hydrogen-bond acceptors (Lipinski definition) is 2. The Bertz CT molecular complexity index is 280. The van der Waals surface area contributed by atoms with Crippen molar-refractivity contribution in [3.05, 3.63) is 0 Å². The van der Waals surface area contributed by atoms with Gasteiger partial charge in [0.1, 0.15) is 0 Å². The van der Waals surface area contributed by atoms with Gasteiger partial charge in [0.05, 0.1) is 5.92 Å². The molecule has 1 heterocycles. The zero-order valence-corrected chi connectivity index (χ0v) is 10.6. The first kappa shape index (κ1) is 11.5. The number of rotatable bonds is 3. The van der Waals surface area contributed by atoms with Gasteiger partial charge >= 0.3 is 0 Å². The van der Waals surface area contributed by atoms with Gasteiger partial charge in [-0.05, 0) is 31.2 Å². The molecule has 0 radical (unpaired) electrons. The van der Waals surface area contributed by atoms with Gasteiger partial charge < -0.3 is 10.6 Å². The second kappa shape index (κ2) is 4.97. The average molecular weight is 236 g/mol. The van der Waals surface area contributed by atoms with Gasteiger partial charge in [0.25, 0.3) is 0 Å². The molecule has 3 atom stereocenters. The van der Waals surface area contributed by atoms with Crippen molar-refractivity contribution in [3.63, 3.8) is 0 Å². The van der Waals surface area contributed by atoms with Crippen LogP contribution in [0.15, 0.2) is 0 Å². The van der Waals surface area contributed by atoms with Crippen LogP contribution >= 0.6 is 0 Å². The zero-order chi connectivity index (χ0) is 11.7. The number of hydrogen-bond donors (Lipinski definition) is 2. The van der Waals surface area contributed by atoms with Crippen LogP contribution in [-0.2, 0) is 4.79 Å². The van der Waals surface area contributed by atoms with Gasteiger partial charge in [-0.2, -0.15) is 0 Å². The smallest absolute Gasteiger partial charge is 0.224 e. The maximum atomic E-state index is 12.0. The molecule has 0 bridgehead atoms. The molecule has 0 aromatic heterocycles. The fourth-order valence-electron chi connectivity index (χ4n) is 3.64. The molecule has 3 aliphatic rings. The highest BCUT2D eigenvalue weighted by molar-refractivity contribution is 5.79. The van der Waals surface area contributed by atoms with Crippen LogP contribution in [0.5, 0.6) is 0 Å². The third-order valence-corrected chi connectivity index (χ3v) is 4.85. The lowest BCUT2D eigenvalue weighted by Gasteiger charge is -2.21. The second-order valence-electron chi connectivity index (χ2n) is 6.10. The molecule has 0 spiro atoms. The standard InChI is InChI=1S/C14H24N2O/c17-14(11-6-7-15-9-11)16-13-8-12(13)10-4-2-1-3-5-10/h10-13,15H,1-9H2,(H,16,17). The molecule has 3 unspecified atom stereocenters. The largest absolute Gasteiger partial charge is 0.353 e. The van der Waals surface area contributed by atoms with E-state index in [1.807, 2.05) is 0 Å². The summed E-state index contributed by atoms with van der Waals surface area (Å²) in [5, 5.41) is 6.52. The van der Waals surface area contributed by atoms with E-state index >= 15 is 0 Å². The molecule has 2 aliphatic carbocycles. The van der Waals surface area contributed by atoms with Crippen molar-refractivity contribution in [1.29, 1.82) is 0 Å². The van der Waals surface area contributed by atoms with Gasteiger partial charge in [0, 0.05) is 12.6 Å². The molecule has 3 rings (SSSR count). The molecule has 0 aromatic carbocycles. The molecule has 3 heteroatoms. The first-order chi connectivity index (χ1) is 8.34. The Kier molecular flexibility index (Phi) is 3.37. The van der Waals surface area contributed by atoms with Crippen molar-refractivity contribution in [3.8, 4) is 0 Å². The van der Waals surface area contributed by atoms with E-state index in [1.54, 1.807) is 0 Å². The minimum absolute atomic E-state index is 0.239. The lowest BCUT2D eigenvalue weighted by atomic mass is 9.85. The van der Waals surface area contributed by atoms with E-state index in [0.29, 0.717) is 11.9 Å². The number of carbonyl (C=O) groups is 1. The van der Waals surface area contributed by atoms with Gasteiger partial charge in [0.15, 0.2) is 0 Å². The van der Waals surface area contributed by atoms with Crippen LogP contribution in [0.2, 0.25) is 0 Å². The molecular weight excluding hydrogens is 212 g/mol. The molecule has 2 N–H and O–H groups in total. The summed E-state index contributed by atoms with van der Waals surface area (Å²) in [4.78, 5) is 12.0. The lowest BCUT2D eigenvalue weighted by molar-refractivity contribution is -0.124. The van der Waals surface area contributed by atoms with Crippen LogP contribution in [0.3, 0.4) is 0 Å². The fraction of sp³-hybridized carbons (Fsp3) is 0.929.